The molecule has 2 aromatic rings. The van der Waals surface area contributed by atoms with Gasteiger partial charge >= 0.3 is 0 Å². The lowest BCUT2D eigenvalue weighted by Crippen LogP contribution is -2.18. The molecule has 2 aromatic carbocycles. The Morgan fingerprint density at radius 2 is 1.90 bits per heavy atom. The van der Waals surface area contributed by atoms with Gasteiger partial charge in [-0.15, -0.1) is 0 Å². The first-order chi connectivity index (χ1) is 10.1. The number of rotatable bonds is 3. The fourth-order valence-corrected chi connectivity index (χ4v) is 3.99. The highest BCUT2D eigenvalue weighted by Gasteiger charge is 2.23. The second kappa shape index (κ2) is 6.23. The maximum Gasteiger partial charge on any atom is 0.0484 e. The lowest BCUT2D eigenvalue weighted by Gasteiger charge is -2.30. The van der Waals surface area contributed by atoms with Crippen molar-refractivity contribution in [1.82, 2.24) is 0 Å². The van der Waals surface area contributed by atoms with Crippen LogP contribution in [0.5, 0.6) is 0 Å². The van der Waals surface area contributed by atoms with Gasteiger partial charge in [0.25, 0.3) is 0 Å². The van der Waals surface area contributed by atoms with E-state index in [4.69, 9.17) is 11.6 Å². The summed E-state index contributed by atoms with van der Waals surface area (Å²) in [6.45, 7) is 6.35. The number of halogens is 1. The molecule has 110 valence electrons. The monoisotopic (exact) mass is 298 g/mol. The molecule has 0 bridgehead atoms. The van der Waals surface area contributed by atoms with Crippen LogP contribution in [0, 0.1) is 11.8 Å². The zero-order valence-electron chi connectivity index (χ0n) is 12.7. The Morgan fingerprint density at radius 3 is 2.71 bits per heavy atom. The third-order valence-electron chi connectivity index (χ3n) is 4.95. The molecule has 1 aliphatic rings. The van der Waals surface area contributed by atoms with Crippen molar-refractivity contribution >= 4 is 22.4 Å². The Labute approximate surface area is 132 Å². The summed E-state index contributed by atoms with van der Waals surface area (Å²) in [5.74, 6) is 1.51. The van der Waals surface area contributed by atoms with Crippen LogP contribution in [0.4, 0.5) is 0 Å². The van der Waals surface area contributed by atoms with Crippen LogP contribution in [0.25, 0.3) is 10.8 Å². The zero-order valence-corrected chi connectivity index (χ0v) is 13.5. The molecule has 1 heteroatoms. The molecule has 1 aliphatic carbocycles. The first-order valence-corrected chi connectivity index (χ1v) is 8.34. The first kappa shape index (κ1) is 14.7. The number of hydrogen-bond donors (Lipinski definition) is 0. The van der Waals surface area contributed by atoms with Crippen molar-refractivity contribution in [2.45, 2.75) is 39.0 Å². The van der Waals surface area contributed by atoms with E-state index in [-0.39, 0.29) is 0 Å². The SMILES string of the molecule is C=C(C)C1CCCC(Cc2cccc3c(Cl)cccc23)C1. The standard InChI is InChI=1S/C20H23Cl/c1-14(2)16-7-3-6-15(12-16)13-17-8-4-10-19-18(17)9-5-11-20(19)21/h4-5,8-11,15-16H,1,3,6-7,12-13H2,2H3. The van der Waals surface area contributed by atoms with E-state index < -0.39 is 0 Å². The Balaban J connectivity index is 1.85. The first-order valence-electron chi connectivity index (χ1n) is 7.96. The maximum absolute atomic E-state index is 6.32. The van der Waals surface area contributed by atoms with Gasteiger partial charge in [0.1, 0.15) is 0 Å². The van der Waals surface area contributed by atoms with Crippen molar-refractivity contribution in [3.05, 3.63) is 59.1 Å². The van der Waals surface area contributed by atoms with E-state index in [2.05, 4.69) is 43.8 Å². The van der Waals surface area contributed by atoms with Gasteiger partial charge in [-0.3, -0.25) is 0 Å². The van der Waals surface area contributed by atoms with Gasteiger partial charge in [0.05, 0.1) is 0 Å². The van der Waals surface area contributed by atoms with Crippen molar-refractivity contribution in [2.24, 2.45) is 11.8 Å². The van der Waals surface area contributed by atoms with Gasteiger partial charge in [0.2, 0.25) is 0 Å². The summed E-state index contributed by atoms with van der Waals surface area (Å²) < 4.78 is 0. The number of hydrogen-bond acceptors (Lipinski definition) is 0. The molecular formula is C20H23Cl. The van der Waals surface area contributed by atoms with Gasteiger partial charge in [-0.1, -0.05) is 66.9 Å². The Bertz CT molecular complexity index is 656. The van der Waals surface area contributed by atoms with E-state index in [0.29, 0.717) is 0 Å². The van der Waals surface area contributed by atoms with Crippen LogP contribution in [0.15, 0.2) is 48.6 Å². The third-order valence-corrected chi connectivity index (χ3v) is 5.28. The predicted molar refractivity (Wildman–Crippen MR) is 92.9 cm³/mol. The van der Waals surface area contributed by atoms with Crippen LogP contribution in [0.1, 0.15) is 38.2 Å². The Morgan fingerprint density at radius 1 is 1.14 bits per heavy atom. The molecule has 0 aromatic heterocycles. The Hall–Kier alpha value is -1.27. The van der Waals surface area contributed by atoms with Gasteiger partial charge in [-0.2, -0.15) is 0 Å². The van der Waals surface area contributed by atoms with Crippen LogP contribution in [-0.2, 0) is 6.42 Å². The molecule has 2 atom stereocenters. The fraction of sp³-hybridized carbons (Fsp3) is 0.400. The van der Waals surface area contributed by atoms with Crippen molar-refractivity contribution in [3.8, 4) is 0 Å². The van der Waals surface area contributed by atoms with Crippen LogP contribution in [0.3, 0.4) is 0 Å². The summed E-state index contributed by atoms with van der Waals surface area (Å²) in [6.07, 6.45) is 6.48. The van der Waals surface area contributed by atoms with Crippen LogP contribution in [-0.4, -0.2) is 0 Å². The highest BCUT2D eigenvalue weighted by molar-refractivity contribution is 6.35. The van der Waals surface area contributed by atoms with Crippen LogP contribution in [0.2, 0.25) is 5.02 Å². The fourth-order valence-electron chi connectivity index (χ4n) is 3.75. The summed E-state index contributed by atoms with van der Waals surface area (Å²) >= 11 is 6.32. The summed E-state index contributed by atoms with van der Waals surface area (Å²) in [4.78, 5) is 0. The maximum atomic E-state index is 6.32. The molecule has 0 amide bonds. The lowest BCUT2D eigenvalue weighted by molar-refractivity contribution is 0.294. The van der Waals surface area contributed by atoms with Crippen molar-refractivity contribution in [2.75, 3.05) is 0 Å². The molecule has 0 radical (unpaired) electrons. The highest BCUT2D eigenvalue weighted by Crippen LogP contribution is 2.36. The van der Waals surface area contributed by atoms with Crippen molar-refractivity contribution < 1.29 is 0 Å². The number of allylic oxidation sites excluding steroid dienone is 1. The molecule has 3 rings (SSSR count). The molecule has 1 saturated carbocycles. The average molecular weight is 299 g/mol. The predicted octanol–water partition coefficient (Wildman–Crippen LogP) is 6.42. The second-order valence-electron chi connectivity index (χ2n) is 6.53. The van der Waals surface area contributed by atoms with E-state index in [0.717, 1.165) is 16.9 Å². The van der Waals surface area contributed by atoms with Gasteiger partial charge in [-0.05, 0) is 55.0 Å². The lowest BCUT2D eigenvalue weighted by atomic mass is 9.76. The van der Waals surface area contributed by atoms with E-state index in [1.165, 1.54) is 54.0 Å². The van der Waals surface area contributed by atoms with Gasteiger partial charge in [-0.25, -0.2) is 0 Å². The van der Waals surface area contributed by atoms with E-state index in [9.17, 15) is 0 Å². The third kappa shape index (κ3) is 3.16. The minimum atomic E-state index is 0.724. The molecule has 0 saturated heterocycles. The molecule has 0 heterocycles. The smallest absolute Gasteiger partial charge is 0.0484 e. The number of benzene rings is 2. The molecule has 1 fully saturated rings. The van der Waals surface area contributed by atoms with E-state index in [1.807, 2.05) is 6.07 Å². The molecule has 0 aliphatic heterocycles. The quantitative estimate of drug-likeness (QED) is 0.574. The zero-order chi connectivity index (χ0) is 14.8. The highest BCUT2D eigenvalue weighted by atomic mass is 35.5. The summed E-state index contributed by atoms with van der Waals surface area (Å²) in [5.41, 5.74) is 2.81. The summed E-state index contributed by atoms with van der Waals surface area (Å²) in [5, 5.41) is 3.36. The minimum Gasteiger partial charge on any atom is -0.0999 e. The average Bonchev–Trinajstić information content (AvgIpc) is 2.49. The van der Waals surface area contributed by atoms with Gasteiger partial charge < -0.3 is 0 Å². The second-order valence-corrected chi connectivity index (χ2v) is 6.94. The Kier molecular flexibility index (Phi) is 4.35. The minimum absolute atomic E-state index is 0.724. The van der Waals surface area contributed by atoms with E-state index in [1.54, 1.807) is 0 Å². The molecule has 0 N–H and O–H groups in total. The van der Waals surface area contributed by atoms with Crippen LogP contribution < -0.4 is 0 Å². The normalized spacial score (nSPS) is 22.4. The van der Waals surface area contributed by atoms with Gasteiger partial charge in [0.15, 0.2) is 0 Å². The molecule has 2 unspecified atom stereocenters. The largest absolute Gasteiger partial charge is 0.0999 e. The number of fused-ring (bicyclic) bond motifs is 1. The molecule has 21 heavy (non-hydrogen) atoms. The molecular weight excluding hydrogens is 276 g/mol. The topological polar surface area (TPSA) is 0 Å². The summed E-state index contributed by atoms with van der Waals surface area (Å²) in [7, 11) is 0. The van der Waals surface area contributed by atoms with Crippen LogP contribution >= 0.6 is 11.6 Å². The van der Waals surface area contributed by atoms with Crippen molar-refractivity contribution in [1.29, 1.82) is 0 Å². The molecule has 0 nitrogen and oxygen atoms in total. The van der Waals surface area contributed by atoms with Crippen molar-refractivity contribution in [3.63, 3.8) is 0 Å². The molecule has 0 spiro atoms. The van der Waals surface area contributed by atoms with E-state index >= 15 is 0 Å². The van der Waals surface area contributed by atoms with Gasteiger partial charge in [0, 0.05) is 10.4 Å². The summed E-state index contributed by atoms with van der Waals surface area (Å²) in [6, 6.07) is 12.8.